The van der Waals surface area contributed by atoms with E-state index < -0.39 is 46.6 Å². The van der Waals surface area contributed by atoms with Crippen molar-refractivity contribution in [2.45, 2.75) is 75.8 Å². The minimum atomic E-state index is -4.14. The van der Waals surface area contributed by atoms with Gasteiger partial charge in [0, 0.05) is 13.2 Å². The SMILES string of the molecule is CN(CC(F)F)S(=O)(=O)c1ccc(NC(=O)[C@@H](NC(=O)OC(C)(C)C)C2CCCCC2)nc1. The van der Waals surface area contributed by atoms with E-state index >= 15 is 0 Å². The Bertz CT molecular complexity index is 914. The van der Waals surface area contributed by atoms with Crippen molar-refractivity contribution in [2.24, 2.45) is 5.92 Å². The number of pyridine rings is 1. The monoisotopic (exact) mass is 490 g/mol. The summed E-state index contributed by atoms with van der Waals surface area (Å²) in [6.45, 7) is 4.22. The van der Waals surface area contributed by atoms with Gasteiger partial charge in [-0.25, -0.2) is 27.0 Å². The Hall–Kier alpha value is -2.34. The van der Waals surface area contributed by atoms with Crippen LogP contribution in [-0.4, -0.2) is 61.4 Å². The van der Waals surface area contributed by atoms with Gasteiger partial charge in [0.1, 0.15) is 22.4 Å². The molecule has 33 heavy (non-hydrogen) atoms. The predicted molar refractivity (Wildman–Crippen MR) is 118 cm³/mol. The number of nitrogens with one attached hydrogen (secondary N) is 2. The number of amides is 2. The molecule has 1 aliphatic carbocycles. The Morgan fingerprint density at radius 3 is 2.36 bits per heavy atom. The maximum absolute atomic E-state index is 13.0. The van der Waals surface area contributed by atoms with Gasteiger partial charge in [-0.3, -0.25) is 4.79 Å². The number of rotatable bonds is 8. The highest BCUT2D eigenvalue weighted by Gasteiger charge is 2.33. The zero-order valence-corrected chi connectivity index (χ0v) is 20.1. The molecule has 1 aliphatic rings. The van der Waals surface area contributed by atoms with Gasteiger partial charge in [-0.1, -0.05) is 19.3 Å². The molecule has 0 unspecified atom stereocenters. The maximum Gasteiger partial charge on any atom is 0.408 e. The van der Waals surface area contributed by atoms with Gasteiger partial charge in [0.15, 0.2) is 0 Å². The standard InChI is InChI=1S/C21H32F2N4O5S/c1-21(2,3)32-20(29)26-18(14-8-6-5-7-9-14)19(28)25-17-11-10-15(12-24-17)33(30,31)27(4)13-16(22)23/h10-12,14,16,18H,5-9,13H2,1-4H3,(H,26,29)(H,24,25,28)/t18-/m0/s1. The molecule has 0 spiro atoms. The summed E-state index contributed by atoms with van der Waals surface area (Å²) in [4.78, 5) is 29.0. The summed E-state index contributed by atoms with van der Waals surface area (Å²) in [5, 5.41) is 5.26. The van der Waals surface area contributed by atoms with Crippen LogP contribution >= 0.6 is 0 Å². The van der Waals surface area contributed by atoms with E-state index in [9.17, 15) is 26.8 Å². The Balaban J connectivity index is 2.13. The average Bonchev–Trinajstić information content (AvgIpc) is 2.71. The van der Waals surface area contributed by atoms with Crippen LogP contribution in [0, 0.1) is 5.92 Å². The lowest BCUT2D eigenvalue weighted by Gasteiger charge is -2.30. The van der Waals surface area contributed by atoms with E-state index in [1.54, 1.807) is 20.8 Å². The second kappa shape index (κ2) is 11.2. The molecule has 0 bridgehead atoms. The van der Waals surface area contributed by atoms with Crippen molar-refractivity contribution in [2.75, 3.05) is 18.9 Å². The van der Waals surface area contributed by atoms with Crippen molar-refractivity contribution in [3.63, 3.8) is 0 Å². The second-order valence-corrected chi connectivity index (χ2v) is 11.1. The van der Waals surface area contributed by atoms with Crippen LogP contribution in [-0.2, 0) is 19.6 Å². The number of hydrogen-bond acceptors (Lipinski definition) is 6. The van der Waals surface area contributed by atoms with Gasteiger partial charge in [0.25, 0.3) is 6.43 Å². The molecule has 2 rings (SSSR count). The second-order valence-electron chi connectivity index (χ2n) is 9.07. The number of nitrogens with zero attached hydrogens (tertiary/aromatic N) is 2. The lowest BCUT2D eigenvalue weighted by molar-refractivity contribution is -0.119. The summed E-state index contributed by atoms with van der Waals surface area (Å²) < 4.78 is 55.6. The Kier molecular flexibility index (Phi) is 9.12. The number of alkyl halides is 2. The Labute approximate surface area is 193 Å². The summed E-state index contributed by atoms with van der Waals surface area (Å²) in [5.41, 5.74) is -0.724. The third kappa shape index (κ3) is 8.18. The number of aromatic nitrogens is 1. The largest absolute Gasteiger partial charge is 0.444 e. The Morgan fingerprint density at radius 1 is 1.21 bits per heavy atom. The molecule has 2 N–H and O–H groups in total. The first-order valence-electron chi connectivity index (χ1n) is 10.8. The van der Waals surface area contributed by atoms with E-state index in [-0.39, 0.29) is 16.6 Å². The predicted octanol–water partition coefficient (Wildman–Crippen LogP) is 3.38. The van der Waals surface area contributed by atoms with Crippen LogP contribution in [0.3, 0.4) is 0 Å². The van der Waals surface area contributed by atoms with E-state index in [0.29, 0.717) is 4.31 Å². The fourth-order valence-corrected chi connectivity index (χ4v) is 4.68. The van der Waals surface area contributed by atoms with Crippen molar-refractivity contribution in [3.05, 3.63) is 18.3 Å². The summed E-state index contributed by atoms with van der Waals surface area (Å²) >= 11 is 0. The summed E-state index contributed by atoms with van der Waals surface area (Å²) in [6, 6.07) is 1.60. The molecule has 12 heteroatoms. The first-order chi connectivity index (χ1) is 15.3. The van der Waals surface area contributed by atoms with E-state index in [2.05, 4.69) is 15.6 Å². The van der Waals surface area contributed by atoms with Gasteiger partial charge in [-0.15, -0.1) is 0 Å². The van der Waals surface area contributed by atoms with E-state index in [4.69, 9.17) is 4.74 Å². The fourth-order valence-electron chi connectivity index (χ4n) is 3.58. The molecule has 9 nitrogen and oxygen atoms in total. The summed E-state index contributed by atoms with van der Waals surface area (Å²) in [6.07, 6.45) is 1.97. The molecule has 0 saturated heterocycles. The van der Waals surface area contributed by atoms with Crippen LogP contribution < -0.4 is 10.6 Å². The molecule has 1 aromatic rings. The number of alkyl carbamates (subject to hydrolysis) is 1. The number of ether oxygens (including phenoxy) is 1. The van der Waals surface area contributed by atoms with Gasteiger partial charge in [-0.2, -0.15) is 4.31 Å². The molecule has 186 valence electrons. The highest BCUT2D eigenvalue weighted by molar-refractivity contribution is 7.89. The van der Waals surface area contributed by atoms with Gasteiger partial charge < -0.3 is 15.4 Å². The lowest BCUT2D eigenvalue weighted by atomic mass is 9.83. The number of carbonyl (C=O) groups excluding carboxylic acids is 2. The molecule has 0 aliphatic heterocycles. The lowest BCUT2D eigenvalue weighted by Crippen LogP contribution is -2.50. The summed E-state index contributed by atoms with van der Waals surface area (Å²) in [7, 11) is -3.09. The molecule has 0 radical (unpaired) electrons. The molecular formula is C21H32F2N4O5S. The molecule has 1 aromatic heterocycles. The van der Waals surface area contributed by atoms with E-state index in [0.717, 1.165) is 45.3 Å². The van der Waals surface area contributed by atoms with Crippen LogP contribution in [0.5, 0.6) is 0 Å². The van der Waals surface area contributed by atoms with E-state index in [1.165, 1.54) is 12.1 Å². The van der Waals surface area contributed by atoms with Crippen molar-refractivity contribution in [1.29, 1.82) is 0 Å². The molecule has 1 fully saturated rings. The topological polar surface area (TPSA) is 118 Å². The van der Waals surface area contributed by atoms with Crippen LogP contribution in [0.1, 0.15) is 52.9 Å². The highest BCUT2D eigenvalue weighted by atomic mass is 32.2. The van der Waals surface area contributed by atoms with Gasteiger partial charge in [0.05, 0.1) is 6.54 Å². The normalized spacial score (nSPS) is 16.5. The van der Waals surface area contributed by atoms with Crippen LogP contribution in [0.25, 0.3) is 0 Å². The molecule has 0 aromatic carbocycles. The highest BCUT2D eigenvalue weighted by Crippen LogP contribution is 2.27. The average molecular weight is 491 g/mol. The third-order valence-corrected chi connectivity index (χ3v) is 6.97. The molecule has 1 saturated carbocycles. The zero-order chi connectivity index (χ0) is 24.8. The van der Waals surface area contributed by atoms with Gasteiger partial charge >= 0.3 is 6.09 Å². The molecule has 1 atom stereocenters. The van der Waals surface area contributed by atoms with Gasteiger partial charge in [0.2, 0.25) is 15.9 Å². The smallest absolute Gasteiger partial charge is 0.408 e. The van der Waals surface area contributed by atoms with Crippen LogP contribution in [0.2, 0.25) is 0 Å². The molecular weight excluding hydrogens is 458 g/mol. The zero-order valence-electron chi connectivity index (χ0n) is 19.3. The van der Waals surface area contributed by atoms with E-state index in [1.807, 2.05) is 0 Å². The van der Waals surface area contributed by atoms with Crippen molar-refractivity contribution in [1.82, 2.24) is 14.6 Å². The number of hydrogen-bond donors (Lipinski definition) is 2. The molecule has 1 heterocycles. The first kappa shape index (κ1) is 26.9. The summed E-state index contributed by atoms with van der Waals surface area (Å²) in [5.74, 6) is -0.498. The fraction of sp³-hybridized carbons (Fsp3) is 0.667. The quantitative estimate of drug-likeness (QED) is 0.577. The van der Waals surface area contributed by atoms with Crippen molar-refractivity contribution < 1.29 is 31.5 Å². The maximum atomic E-state index is 13.0. The first-order valence-corrected chi connectivity index (χ1v) is 12.2. The van der Waals surface area contributed by atoms with Crippen molar-refractivity contribution in [3.8, 4) is 0 Å². The number of carbonyl (C=O) groups is 2. The minimum Gasteiger partial charge on any atom is -0.444 e. The number of anilines is 1. The third-order valence-electron chi connectivity index (χ3n) is 5.17. The Morgan fingerprint density at radius 2 is 1.85 bits per heavy atom. The number of sulfonamides is 1. The van der Waals surface area contributed by atoms with Crippen LogP contribution in [0.15, 0.2) is 23.2 Å². The van der Waals surface area contributed by atoms with Crippen LogP contribution in [0.4, 0.5) is 19.4 Å². The van der Waals surface area contributed by atoms with Crippen molar-refractivity contribution >= 4 is 27.8 Å². The van der Waals surface area contributed by atoms with Gasteiger partial charge in [-0.05, 0) is 51.7 Å². The molecule has 2 amide bonds. The number of halogens is 2. The minimum absolute atomic E-state index is 0.0715.